The summed E-state index contributed by atoms with van der Waals surface area (Å²) in [5.74, 6) is 0.182. The number of nitrogens with one attached hydrogen (secondary N) is 2. The molecule has 1 aromatic rings. The molecule has 2 N–H and O–H groups in total. The third-order valence-electron chi connectivity index (χ3n) is 4.35. The fourth-order valence-electron chi connectivity index (χ4n) is 3.19. The number of rotatable bonds is 2. The van der Waals surface area contributed by atoms with E-state index in [0.717, 1.165) is 25.8 Å². The molecule has 2 aliphatic rings. The fourth-order valence-corrected chi connectivity index (χ4v) is 3.19. The zero-order valence-electron chi connectivity index (χ0n) is 11.3. The lowest BCUT2D eigenvalue weighted by atomic mass is 9.93. The standard InChI is InChI=1S/C16H22N2O/c19-16(18-14-8-2-1-3-9-14)15-10-12-6-4-5-7-13(12)11-17-15/h4-7,14-15,17H,1-3,8-11H2,(H,18,19)/t15-/m0/s1. The van der Waals surface area contributed by atoms with Crippen molar-refractivity contribution in [2.24, 2.45) is 0 Å². The van der Waals surface area contributed by atoms with E-state index in [0.29, 0.717) is 6.04 Å². The van der Waals surface area contributed by atoms with Crippen molar-refractivity contribution in [3.63, 3.8) is 0 Å². The number of carbonyl (C=O) groups is 1. The lowest BCUT2D eigenvalue weighted by Crippen LogP contribution is -2.50. The average molecular weight is 258 g/mol. The molecule has 1 amide bonds. The number of hydrogen-bond acceptors (Lipinski definition) is 2. The van der Waals surface area contributed by atoms with Crippen LogP contribution in [-0.4, -0.2) is 18.0 Å². The minimum atomic E-state index is -0.0585. The first-order chi connectivity index (χ1) is 9.33. The van der Waals surface area contributed by atoms with Gasteiger partial charge in [0.15, 0.2) is 0 Å². The summed E-state index contributed by atoms with van der Waals surface area (Å²) >= 11 is 0. The van der Waals surface area contributed by atoms with Gasteiger partial charge in [-0.25, -0.2) is 0 Å². The molecular weight excluding hydrogens is 236 g/mol. The molecule has 0 unspecified atom stereocenters. The Bertz CT molecular complexity index is 452. The van der Waals surface area contributed by atoms with Crippen LogP contribution in [0.4, 0.5) is 0 Å². The smallest absolute Gasteiger partial charge is 0.237 e. The highest BCUT2D eigenvalue weighted by molar-refractivity contribution is 5.82. The van der Waals surface area contributed by atoms with E-state index in [-0.39, 0.29) is 11.9 Å². The van der Waals surface area contributed by atoms with Gasteiger partial charge in [0, 0.05) is 12.6 Å². The molecule has 1 atom stereocenters. The molecular formula is C16H22N2O. The molecule has 1 saturated carbocycles. The molecule has 0 aromatic heterocycles. The molecule has 1 aliphatic carbocycles. The molecule has 102 valence electrons. The zero-order valence-corrected chi connectivity index (χ0v) is 11.3. The predicted molar refractivity (Wildman–Crippen MR) is 75.8 cm³/mol. The SMILES string of the molecule is O=C(NC1CCCCC1)[C@@H]1Cc2ccccc2CN1. The van der Waals surface area contributed by atoms with E-state index >= 15 is 0 Å². The van der Waals surface area contributed by atoms with Crippen molar-refractivity contribution < 1.29 is 4.79 Å². The summed E-state index contributed by atoms with van der Waals surface area (Å²) in [5.41, 5.74) is 2.63. The Kier molecular flexibility index (Phi) is 3.83. The number of fused-ring (bicyclic) bond motifs is 1. The van der Waals surface area contributed by atoms with Gasteiger partial charge in [0.25, 0.3) is 0 Å². The second-order valence-electron chi connectivity index (χ2n) is 5.75. The van der Waals surface area contributed by atoms with Crippen molar-refractivity contribution >= 4 is 5.91 Å². The molecule has 0 radical (unpaired) electrons. The lowest BCUT2D eigenvalue weighted by molar-refractivity contribution is -0.124. The minimum absolute atomic E-state index is 0.0585. The van der Waals surface area contributed by atoms with Crippen LogP contribution in [0, 0.1) is 0 Å². The maximum Gasteiger partial charge on any atom is 0.237 e. The fraction of sp³-hybridized carbons (Fsp3) is 0.562. The number of amides is 1. The van der Waals surface area contributed by atoms with Gasteiger partial charge in [-0.2, -0.15) is 0 Å². The van der Waals surface area contributed by atoms with Gasteiger partial charge in [-0.1, -0.05) is 43.5 Å². The Balaban J connectivity index is 1.59. The molecule has 1 fully saturated rings. The Morgan fingerprint density at radius 1 is 1.11 bits per heavy atom. The summed E-state index contributed by atoms with van der Waals surface area (Å²) in [5, 5.41) is 6.57. The quantitative estimate of drug-likeness (QED) is 0.853. The van der Waals surface area contributed by atoms with E-state index in [1.165, 1.54) is 30.4 Å². The maximum absolute atomic E-state index is 12.3. The highest BCUT2D eigenvalue weighted by Crippen LogP contribution is 2.19. The Hall–Kier alpha value is -1.35. The summed E-state index contributed by atoms with van der Waals surface area (Å²) in [6.45, 7) is 0.804. The van der Waals surface area contributed by atoms with Gasteiger partial charge in [0.05, 0.1) is 6.04 Å². The maximum atomic E-state index is 12.3. The molecule has 0 spiro atoms. The molecule has 1 heterocycles. The van der Waals surface area contributed by atoms with Gasteiger partial charge >= 0.3 is 0 Å². The van der Waals surface area contributed by atoms with Crippen molar-refractivity contribution in [2.75, 3.05) is 0 Å². The van der Waals surface area contributed by atoms with Crippen molar-refractivity contribution in [3.8, 4) is 0 Å². The van der Waals surface area contributed by atoms with Crippen molar-refractivity contribution in [1.82, 2.24) is 10.6 Å². The first-order valence-electron chi connectivity index (χ1n) is 7.43. The van der Waals surface area contributed by atoms with Crippen LogP contribution in [0.2, 0.25) is 0 Å². The van der Waals surface area contributed by atoms with E-state index in [4.69, 9.17) is 0 Å². The van der Waals surface area contributed by atoms with E-state index < -0.39 is 0 Å². The summed E-state index contributed by atoms with van der Waals surface area (Å²) in [7, 11) is 0. The third-order valence-corrected chi connectivity index (χ3v) is 4.35. The van der Waals surface area contributed by atoms with Gasteiger partial charge in [0.1, 0.15) is 0 Å². The minimum Gasteiger partial charge on any atom is -0.352 e. The number of benzene rings is 1. The monoisotopic (exact) mass is 258 g/mol. The van der Waals surface area contributed by atoms with E-state index in [9.17, 15) is 4.79 Å². The molecule has 3 heteroatoms. The summed E-state index contributed by atoms with van der Waals surface area (Å²) in [6.07, 6.45) is 6.94. The second-order valence-corrected chi connectivity index (χ2v) is 5.75. The van der Waals surface area contributed by atoms with Crippen molar-refractivity contribution in [1.29, 1.82) is 0 Å². The molecule has 3 nitrogen and oxygen atoms in total. The van der Waals surface area contributed by atoms with E-state index in [1.807, 2.05) is 0 Å². The van der Waals surface area contributed by atoms with Crippen LogP contribution in [0.3, 0.4) is 0 Å². The van der Waals surface area contributed by atoms with E-state index in [2.05, 4.69) is 34.9 Å². The summed E-state index contributed by atoms with van der Waals surface area (Å²) < 4.78 is 0. The Labute approximate surface area is 114 Å². The van der Waals surface area contributed by atoms with Crippen LogP contribution >= 0.6 is 0 Å². The normalized spacial score (nSPS) is 23.7. The van der Waals surface area contributed by atoms with Crippen LogP contribution in [0.5, 0.6) is 0 Å². The molecule has 3 rings (SSSR count). The largest absolute Gasteiger partial charge is 0.352 e. The van der Waals surface area contributed by atoms with Crippen LogP contribution in [0.15, 0.2) is 24.3 Å². The first-order valence-corrected chi connectivity index (χ1v) is 7.43. The van der Waals surface area contributed by atoms with Crippen LogP contribution in [-0.2, 0) is 17.8 Å². The highest BCUT2D eigenvalue weighted by Gasteiger charge is 2.25. The van der Waals surface area contributed by atoms with Gasteiger partial charge in [-0.3, -0.25) is 4.79 Å². The number of carbonyl (C=O) groups excluding carboxylic acids is 1. The van der Waals surface area contributed by atoms with Crippen LogP contribution < -0.4 is 10.6 Å². The Morgan fingerprint density at radius 2 is 1.84 bits per heavy atom. The summed E-state index contributed by atoms with van der Waals surface area (Å²) in [4.78, 5) is 12.3. The van der Waals surface area contributed by atoms with Gasteiger partial charge in [-0.15, -0.1) is 0 Å². The molecule has 1 aliphatic heterocycles. The molecule has 1 aromatic carbocycles. The third kappa shape index (κ3) is 2.98. The molecule has 19 heavy (non-hydrogen) atoms. The van der Waals surface area contributed by atoms with Crippen molar-refractivity contribution in [3.05, 3.63) is 35.4 Å². The van der Waals surface area contributed by atoms with Crippen molar-refractivity contribution in [2.45, 2.75) is 57.2 Å². The van der Waals surface area contributed by atoms with Crippen LogP contribution in [0.25, 0.3) is 0 Å². The topological polar surface area (TPSA) is 41.1 Å². The number of hydrogen-bond donors (Lipinski definition) is 2. The van der Waals surface area contributed by atoms with E-state index in [1.54, 1.807) is 0 Å². The summed E-state index contributed by atoms with van der Waals surface area (Å²) in [6, 6.07) is 8.73. The molecule has 0 bridgehead atoms. The first kappa shape index (κ1) is 12.7. The molecule has 0 saturated heterocycles. The Morgan fingerprint density at radius 3 is 2.63 bits per heavy atom. The lowest BCUT2D eigenvalue weighted by Gasteiger charge is -2.29. The van der Waals surface area contributed by atoms with Crippen LogP contribution in [0.1, 0.15) is 43.2 Å². The predicted octanol–water partition coefficient (Wildman–Crippen LogP) is 2.15. The highest BCUT2D eigenvalue weighted by atomic mass is 16.2. The van der Waals surface area contributed by atoms with Gasteiger partial charge in [0.2, 0.25) is 5.91 Å². The van der Waals surface area contributed by atoms with Gasteiger partial charge < -0.3 is 10.6 Å². The zero-order chi connectivity index (χ0) is 13.1. The average Bonchev–Trinajstić information content (AvgIpc) is 2.48. The van der Waals surface area contributed by atoms with Gasteiger partial charge in [-0.05, 0) is 30.4 Å². The second kappa shape index (κ2) is 5.74.